The van der Waals surface area contributed by atoms with Crippen molar-refractivity contribution in [1.29, 1.82) is 0 Å². The van der Waals surface area contributed by atoms with Crippen LogP contribution in [-0.2, 0) is 28.9 Å². The van der Waals surface area contributed by atoms with Crippen molar-refractivity contribution in [2.24, 2.45) is 0 Å². The molecule has 0 atom stereocenters. The molecule has 0 fully saturated rings. The van der Waals surface area contributed by atoms with Crippen LogP contribution in [0.25, 0.3) is 0 Å². The molecule has 0 saturated heterocycles. The molecule has 4 aromatic carbocycles. The second kappa shape index (κ2) is 14.6. The molecule has 232 valence electrons. The maximum Gasteiger partial charge on any atom is 0.307 e. The van der Waals surface area contributed by atoms with E-state index in [0.29, 0.717) is 23.7 Å². The number of carbonyl (C=O) groups is 2. The Morgan fingerprint density at radius 2 is 1.23 bits per heavy atom. The number of hydrogen-bond acceptors (Lipinski definition) is 4. The van der Waals surface area contributed by atoms with Gasteiger partial charge in [-0.15, -0.1) is 0 Å². The molecule has 4 N–H and O–H groups in total. The van der Waals surface area contributed by atoms with E-state index in [0.717, 1.165) is 17.2 Å². The maximum absolute atomic E-state index is 13.8. The Morgan fingerprint density at radius 3 is 1.75 bits per heavy atom. The summed E-state index contributed by atoms with van der Waals surface area (Å²) in [7, 11) is 0. The molecule has 44 heavy (non-hydrogen) atoms. The van der Waals surface area contributed by atoms with Crippen molar-refractivity contribution >= 4 is 46.3 Å². The van der Waals surface area contributed by atoms with Gasteiger partial charge >= 0.3 is 11.9 Å². The quantitative estimate of drug-likeness (QED) is 0.108. The van der Waals surface area contributed by atoms with Crippen molar-refractivity contribution in [3.63, 3.8) is 0 Å². The molecule has 6 nitrogen and oxygen atoms in total. The Kier molecular flexibility index (Phi) is 11.2. The number of anilines is 4. The Balaban J connectivity index is 0.000000241. The lowest BCUT2D eigenvalue weighted by molar-refractivity contribution is -0.137. The van der Waals surface area contributed by atoms with Crippen molar-refractivity contribution in [3.8, 4) is 0 Å². The van der Waals surface area contributed by atoms with E-state index in [1.54, 1.807) is 30.3 Å². The highest BCUT2D eigenvalue weighted by Crippen LogP contribution is 2.32. The normalized spacial score (nSPS) is 10.6. The smallest absolute Gasteiger partial charge is 0.307 e. The number of aryl methyl sites for hydroxylation is 2. The minimum atomic E-state index is -1.58. The van der Waals surface area contributed by atoms with E-state index in [-0.39, 0.29) is 34.4 Å². The van der Waals surface area contributed by atoms with E-state index in [2.05, 4.69) is 10.6 Å². The van der Waals surface area contributed by atoms with E-state index >= 15 is 0 Å². The van der Waals surface area contributed by atoms with Gasteiger partial charge in [0, 0.05) is 23.5 Å². The predicted octanol–water partition coefficient (Wildman–Crippen LogP) is 8.47. The van der Waals surface area contributed by atoms with Crippen LogP contribution in [0.5, 0.6) is 0 Å². The zero-order valence-corrected chi connectivity index (χ0v) is 23.9. The van der Waals surface area contributed by atoms with Gasteiger partial charge in [-0.05, 0) is 48.2 Å². The van der Waals surface area contributed by atoms with Crippen LogP contribution in [0.1, 0.15) is 29.2 Å². The van der Waals surface area contributed by atoms with Gasteiger partial charge in [-0.2, -0.15) is 0 Å². The molecule has 0 amide bonds. The molecule has 0 aliphatic rings. The zero-order chi connectivity index (χ0) is 32.7. The highest BCUT2D eigenvalue weighted by Gasteiger charge is 2.20. The summed E-state index contributed by atoms with van der Waals surface area (Å²) in [5.41, 5.74) is 1.82. The number of carboxylic acids is 2. The molecule has 0 heterocycles. The van der Waals surface area contributed by atoms with E-state index in [9.17, 15) is 35.9 Å². The third kappa shape index (κ3) is 8.66. The summed E-state index contributed by atoms with van der Waals surface area (Å²) in [6, 6.07) is 11.5. The van der Waals surface area contributed by atoms with Crippen LogP contribution < -0.4 is 10.6 Å². The van der Waals surface area contributed by atoms with Gasteiger partial charge in [0.15, 0.2) is 29.1 Å². The third-order valence-electron chi connectivity index (χ3n) is 6.16. The van der Waals surface area contributed by atoms with Gasteiger partial charge in [-0.1, -0.05) is 48.4 Å². The lowest BCUT2D eigenvalue weighted by atomic mass is 10.0. The molecule has 0 radical (unpaired) electrons. The lowest BCUT2D eigenvalue weighted by Crippen LogP contribution is -2.08. The number of aliphatic carboxylic acids is 2. The average Bonchev–Trinajstić information content (AvgIpc) is 2.93. The van der Waals surface area contributed by atoms with Gasteiger partial charge in [0.05, 0.1) is 23.6 Å². The average molecular weight is 639 g/mol. The first-order valence-corrected chi connectivity index (χ1v) is 13.2. The van der Waals surface area contributed by atoms with Gasteiger partial charge in [0.1, 0.15) is 11.5 Å². The predicted molar refractivity (Wildman–Crippen MR) is 154 cm³/mol. The van der Waals surface area contributed by atoms with Crippen molar-refractivity contribution < 1.29 is 46.1 Å². The minimum Gasteiger partial charge on any atom is -0.481 e. The molecule has 0 aromatic heterocycles. The molecule has 0 aliphatic carbocycles. The number of hydrogen-bond donors (Lipinski definition) is 4. The summed E-state index contributed by atoms with van der Waals surface area (Å²) in [4.78, 5) is 21.8. The highest BCUT2D eigenvalue weighted by molar-refractivity contribution is 6.33. The largest absolute Gasteiger partial charge is 0.481 e. The van der Waals surface area contributed by atoms with E-state index in [1.165, 1.54) is 6.07 Å². The van der Waals surface area contributed by atoms with Crippen LogP contribution in [0.3, 0.4) is 0 Å². The zero-order valence-electron chi connectivity index (χ0n) is 23.2. The van der Waals surface area contributed by atoms with E-state index < -0.39 is 59.0 Å². The fourth-order valence-corrected chi connectivity index (χ4v) is 4.31. The second-order valence-electron chi connectivity index (χ2n) is 9.48. The highest BCUT2D eigenvalue weighted by atomic mass is 35.5. The third-order valence-corrected chi connectivity index (χ3v) is 6.46. The first-order valence-electron chi connectivity index (χ1n) is 12.9. The number of rotatable bonds is 9. The SMILES string of the molecule is CCc1ccc(Nc2c(F)c(F)cc(F)c2F)c(CC(=O)O)c1.Cc1ccc(Nc2c(F)cc(F)cc2Cl)c(CC(=O)O)c1. The molecule has 0 spiro atoms. The van der Waals surface area contributed by atoms with Gasteiger partial charge in [0.25, 0.3) is 0 Å². The lowest BCUT2D eigenvalue weighted by Gasteiger charge is -2.14. The fourth-order valence-electron chi connectivity index (χ4n) is 4.07. The summed E-state index contributed by atoms with van der Waals surface area (Å²) in [6.07, 6.45) is 0.00582. The van der Waals surface area contributed by atoms with Crippen LogP contribution in [0, 0.1) is 41.8 Å². The number of halogens is 7. The van der Waals surface area contributed by atoms with Gasteiger partial charge in [-0.3, -0.25) is 9.59 Å². The van der Waals surface area contributed by atoms with E-state index in [4.69, 9.17) is 21.8 Å². The van der Waals surface area contributed by atoms with Gasteiger partial charge in [-0.25, -0.2) is 26.3 Å². The van der Waals surface area contributed by atoms with E-state index in [1.807, 2.05) is 13.8 Å². The number of benzene rings is 4. The fraction of sp³-hybridized carbons (Fsp3) is 0.161. The van der Waals surface area contributed by atoms with Crippen LogP contribution in [0.15, 0.2) is 54.6 Å². The Hall–Kier alpha value is -4.71. The summed E-state index contributed by atoms with van der Waals surface area (Å²) in [5.74, 6) is -10.0. The molecular weight excluding hydrogens is 614 g/mol. The Morgan fingerprint density at radius 1 is 0.705 bits per heavy atom. The molecule has 13 heteroatoms. The Labute approximate surface area is 252 Å². The van der Waals surface area contributed by atoms with Gasteiger partial charge < -0.3 is 20.8 Å². The van der Waals surface area contributed by atoms with Crippen LogP contribution in [0.4, 0.5) is 49.1 Å². The molecule has 0 bridgehead atoms. The number of nitrogens with one attached hydrogen (secondary N) is 2. The second-order valence-corrected chi connectivity index (χ2v) is 9.89. The topological polar surface area (TPSA) is 98.7 Å². The maximum atomic E-state index is 13.8. The molecule has 0 saturated carbocycles. The molecule has 0 aliphatic heterocycles. The Bertz CT molecular complexity index is 1670. The first kappa shape index (κ1) is 33.8. The van der Waals surface area contributed by atoms with Crippen molar-refractivity contribution in [3.05, 3.63) is 117 Å². The van der Waals surface area contributed by atoms with Crippen molar-refractivity contribution in [2.45, 2.75) is 33.1 Å². The van der Waals surface area contributed by atoms with Crippen LogP contribution in [-0.4, -0.2) is 22.2 Å². The standard InChI is InChI=1S/C16H13F4NO2.C15H12ClF2NO2/c1-2-8-3-4-12(9(5-8)6-13(22)23)21-16-14(19)10(17)7-11(18)15(16)20;1-8-2-3-13(9(4-8)5-14(20)21)19-15-11(16)6-10(17)7-12(15)18/h3-5,7,21H,2,6H2,1H3,(H,22,23);2-4,6-7,19H,5H2,1H3,(H,20,21). The molecule has 4 aromatic rings. The monoisotopic (exact) mass is 638 g/mol. The summed E-state index contributed by atoms with van der Waals surface area (Å²) in [5, 5.41) is 22.7. The van der Waals surface area contributed by atoms with Crippen molar-refractivity contribution in [2.75, 3.05) is 10.6 Å². The molecular formula is C31H25ClF6N2O4. The van der Waals surface area contributed by atoms with Crippen molar-refractivity contribution in [1.82, 2.24) is 0 Å². The minimum absolute atomic E-state index is 0.0624. The summed E-state index contributed by atoms with van der Waals surface area (Å²) >= 11 is 5.82. The molecule has 0 unspecified atom stereocenters. The number of carboxylic acid groups (broad SMARTS) is 2. The van der Waals surface area contributed by atoms with Crippen LogP contribution in [0.2, 0.25) is 5.02 Å². The first-order chi connectivity index (χ1) is 20.7. The summed E-state index contributed by atoms with van der Waals surface area (Å²) in [6.45, 7) is 3.68. The van der Waals surface area contributed by atoms with Crippen LogP contribution >= 0.6 is 11.6 Å². The summed E-state index contributed by atoms with van der Waals surface area (Å²) < 4.78 is 80.7. The molecule has 4 rings (SSSR count). The van der Waals surface area contributed by atoms with Gasteiger partial charge in [0.2, 0.25) is 0 Å².